The monoisotopic (exact) mass is 395 g/mol. The van der Waals surface area contributed by atoms with Gasteiger partial charge in [-0.3, -0.25) is 4.90 Å². The fourth-order valence-electron chi connectivity index (χ4n) is 5.77. The first-order valence-electron chi connectivity index (χ1n) is 12.7. The Labute approximate surface area is 180 Å². The predicted octanol–water partition coefficient (Wildman–Crippen LogP) is 9.25. The Morgan fingerprint density at radius 1 is 0.571 bits per heavy atom. The summed E-state index contributed by atoms with van der Waals surface area (Å²) in [6, 6.07) is 0.626. The highest BCUT2D eigenvalue weighted by Gasteiger charge is 2.49. The van der Waals surface area contributed by atoms with Crippen LogP contribution in [0.5, 0.6) is 0 Å². The lowest BCUT2D eigenvalue weighted by molar-refractivity contribution is -0.0934. The normalized spacial score (nSPS) is 17.0. The Balaban J connectivity index is 6.45. The SMILES string of the molecule is CCC(C)N(C(C)(CC)CC(C)(CC)CC)C(CC)(CC)CC(C)(CC)CC. The molecule has 0 aromatic rings. The zero-order chi connectivity index (χ0) is 22.2. The lowest BCUT2D eigenvalue weighted by atomic mass is 9.66. The maximum Gasteiger partial charge on any atom is 0.0217 e. The average molecular weight is 396 g/mol. The first kappa shape index (κ1) is 28.0. The number of rotatable bonds is 15. The van der Waals surface area contributed by atoms with Gasteiger partial charge in [-0.15, -0.1) is 0 Å². The van der Waals surface area contributed by atoms with E-state index in [0.717, 1.165) is 0 Å². The van der Waals surface area contributed by atoms with E-state index >= 15 is 0 Å². The third-order valence-electron chi connectivity index (χ3n) is 9.18. The fraction of sp³-hybridized carbons (Fsp3) is 1.00. The van der Waals surface area contributed by atoms with Crippen LogP contribution in [0.25, 0.3) is 0 Å². The second-order valence-electron chi connectivity index (χ2n) is 10.8. The van der Waals surface area contributed by atoms with Crippen LogP contribution in [0.3, 0.4) is 0 Å². The van der Waals surface area contributed by atoms with Gasteiger partial charge in [0.05, 0.1) is 0 Å². The van der Waals surface area contributed by atoms with Gasteiger partial charge in [-0.05, 0) is 63.2 Å². The molecule has 0 aromatic carbocycles. The minimum Gasteiger partial charge on any atom is -0.290 e. The van der Waals surface area contributed by atoms with E-state index in [0.29, 0.717) is 22.4 Å². The molecule has 0 aromatic heterocycles. The molecule has 28 heavy (non-hydrogen) atoms. The number of hydrogen-bond acceptors (Lipinski definition) is 1. The summed E-state index contributed by atoms with van der Waals surface area (Å²) in [5.41, 5.74) is 1.42. The van der Waals surface area contributed by atoms with Crippen molar-refractivity contribution in [3.05, 3.63) is 0 Å². The molecule has 2 unspecified atom stereocenters. The molecule has 170 valence electrons. The van der Waals surface area contributed by atoms with Gasteiger partial charge >= 0.3 is 0 Å². The Morgan fingerprint density at radius 2 is 0.964 bits per heavy atom. The molecular weight excluding hydrogens is 338 g/mol. The summed E-state index contributed by atoms with van der Waals surface area (Å²) in [6.07, 6.45) is 12.8. The van der Waals surface area contributed by atoms with Crippen LogP contribution in [0.1, 0.15) is 147 Å². The molecule has 0 heterocycles. The maximum atomic E-state index is 3.05. The zero-order valence-corrected chi connectivity index (χ0v) is 22.1. The highest BCUT2D eigenvalue weighted by molar-refractivity contribution is 5.04. The molecule has 0 bridgehead atoms. The number of nitrogens with zero attached hydrogens (tertiary/aromatic N) is 1. The molecule has 0 amide bonds. The third-order valence-corrected chi connectivity index (χ3v) is 9.18. The summed E-state index contributed by atoms with van der Waals surface area (Å²) in [5.74, 6) is 0. The molecule has 2 atom stereocenters. The van der Waals surface area contributed by atoms with E-state index in [-0.39, 0.29) is 5.54 Å². The van der Waals surface area contributed by atoms with Gasteiger partial charge in [0.25, 0.3) is 0 Å². The molecule has 0 aliphatic rings. The Hall–Kier alpha value is -0.0400. The average Bonchev–Trinajstić information content (AvgIpc) is 2.72. The minimum absolute atomic E-state index is 0.255. The van der Waals surface area contributed by atoms with Crippen molar-refractivity contribution in [3.8, 4) is 0 Å². The van der Waals surface area contributed by atoms with Crippen molar-refractivity contribution in [2.24, 2.45) is 10.8 Å². The van der Waals surface area contributed by atoms with Gasteiger partial charge in [-0.2, -0.15) is 0 Å². The summed E-state index contributed by atoms with van der Waals surface area (Å²) in [4.78, 5) is 3.05. The summed E-state index contributed by atoms with van der Waals surface area (Å²) >= 11 is 0. The standard InChI is InChI=1S/C27H57N/c1-13-23(9)28(26(12,18-6)21-24(10,14-2)15-3)27(19-7,20-8)22-25(11,16-4)17-5/h23H,13-22H2,1-12H3. The summed E-state index contributed by atoms with van der Waals surface area (Å²) in [7, 11) is 0. The Morgan fingerprint density at radius 3 is 1.25 bits per heavy atom. The van der Waals surface area contributed by atoms with Crippen LogP contribution in [0.4, 0.5) is 0 Å². The van der Waals surface area contributed by atoms with Crippen LogP contribution in [-0.2, 0) is 0 Å². The van der Waals surface area contributed by atoms with Crippen LogP contribution in [0.2, 0.25) is 0 Å². The molecule has 0 saturated heterocycles. The van der Waals surface area contributed by atoms with Crippen LogP contribution in [0, 0.1) is 10.8 Å². The minimum atomic E-state index is 0.255. The van der Waals surface area contributed by atoms with E-state index in [4.69, 9.17) is 0 Å². The Bertz CT molecular complexity index is 414. The van der Waals surface area contributed by atoms with Gasteiger partial charge in [0, 0.05) is 17.1 Å². The first-order chi connectivity index (χ1) is 12.9. The highest BCUT2D eigenvalue weighted by Crippen LogP contribution is 2.49. The van der Waals surface area contributed by atoms with Gasteiger partial charge in [-0.1, -0.05) is 94.9 Å². The van der Waals surface area contributed by atoms with Crippen molar-refractivity contribution in [1.29, 1.82) is 0 Å². The van der Waals surface area contributed by atoms with E-state index in [1.807, 2.05) is 0 Å². The molecule has 1 nitrogen and oxygen atoms in total. The molecule has 0 aliphatic carbocycles. The molecule has 0 spiro atoms. The second kappa shape index (κ2) is 11.4. The quantitative estimate of drug-likeness (QED) is 0.267. The van der Waals surface area contributed by atoms with E-state index < -0.39 is 0 Å². The van der Waals surface area contributed by atoms with E-state index in [2.05, 4.69) is 88.0 Å². The fourth-order valence-corrected chi connectivity index (χ4v) is 5.77. The van der Waals surface area contributed by atoms with Crippen molar-refractivity contribution < 1.29 is 0 Å². The number of hydrogen-bond donors (Lipinski definition) is 0. The molecule has 0 radical (unpaired) electrons. The van der Waals surface area contributed by atoms with Gasteiger partial charge in [0.2, 0.25) is 0 Å². The third kappa shape index (κ3) is 6.23. The second-order valence-corrected chi connectivity index (χ2v) is 10.8. The van der Waals surface area contributed by atoms with E-state index in [1.54, 1.807) is 0 Å². The van der Waals surface area contributed by atoms with Crippen LogP contribution >= 0.6 is 0 Å². The summed E-state index contributed by atoms with van der Waals surface area (Å²) in [6.45, 7) is 29.5. The van der Waals surface area contributed by atoms with Gasteiger partial charge in [-0.25, -0.2) is 0 Å². The molecule has 0 aliphatic heterocycles. The van der Waals surface area contributed by atoms with Gasteiger partial charge < -0.3 is 0 Å². The van der Waals surface area contributed by atoms with Crippen LogP contribution in [0.15, 0.2) is 0 Å². The Kier molecular flexibility index (Phi) is 11.4. The predicted molar refractivity (Wildman–Crippen MR) is 130 cm³/mol. The molecule has 1 heteroatoms. The van der Waals surface area contributed by atoms with Crippen molar-refractivity contribution in [3.63, 3.8) is 0 Å². The van der Waals surface area contributed by atoms with Crippen molar-refractivity contribution in [2.45, 2.75) is 164 Å². The first-order valence-corrected chi connectivity index (χ1v) is 12.7. The van der Waals surface area contributed by atoms with Crippen molar-refractivity contribution in [2.75, 3.05) is 0 Å². The topological polar surface area (TPSA) is 3.24 Å². The molecule has 0 rings (SSSR count). The lowest BCUT2D eigenvalue weighted by Crippen LogP contribution is -2.64. The highest BCUT2D eigenvalue weighted by atomic mass is 15.3. The zero-order valence-electron chi connectivity index (χ0n) is 22.1. The van der Waals surface area contributed by atoms with Crippen molar-refractivity contribution >= 4 is 0 Å². The van der Waals surface area contributed by atoms with E-state index in [1.165, 1.54) is 64.2 Å². The van der Waals surface area contributed by atoms with Crippen LogP contribution < -0.4 is 0 Å². The molecule has 0 saturated carbocycles. The smallest absolute Gasteiger partial charge is 0.0217 e. The molecular formula is C27H57N. The maximum absolute atomic E-state index is 3.05. The van der Waals surface area contributed by atoms with Gasteiger partial charge in [0.15, 0.2) is 0 Å². The summed E-state index contributed by atoms with van der Waals surface area (Å²) < 4.78 is 0. The lowest BCUT2D eigenvalue weighted by Gasteiger charge is -2.59. The van der Waals surface area contributed by atoms with Crippen molar-refractivity contribution in [1.82, 2.24) is 4.90 Å². The molecule has 0 fully saturated rings. The largest absolute Gasteiger partial charge is 0.290 e. The van der Waals surface area contributed by atoms with Gasteiger partial charge in [0.1, 0.15) is 0 Å². The van der Waals surface area contributed by atoms with E-state index in [9.17, 15) is 0 Å². The summed E-state index contributed by atoms with van der Waals surface area (Å²) in [5, 5.41) is 0. The van der Waals surface area contributed by atoms with Crippen LogP contribution in [-0.4, -0.2) is 22.0 Å². The molecule has 0 N–H and O–H groups in total.